The number of aliphatic hydroxyl groups excluding tert-OH is 2. The first-order chi connectivity index (χ1) is 20.6. The van der Waals surface area contributed by atoms with Crippen molar-refractivity contribution in [3.8, 4) is 0 Å². The Labute approximate surface area is 248 Å². The zero-order chi connectivity index (χ0) is 28.7. The standard InChI is InChI=1S/C36H40N4O2/c41-35(27-7-3-1-4-8-27)33-21-19-31(37-33)23-25-11-15-29(16-12-25)39-40-30-17-13-26(14-18-30)24-32-20-22-34(38-32)36(42)28-9-5-2-6-10-28/h1-18,31-38,41-42H,19-24H2/t31-,32-,33+,34+,35+,36+/m0/s1. The molecule has 2 heterocycles. The van der Waals surface area contributed by atoms with Crippen LogP contribution < -0.4 is 10.6 Å². The quantitative estimate of drug-likeness (QED) is 0.159. The summed E-state index contributed by atoms with van der Waals surface area (Å²) in [7, 11) is 0. The van der Waals surface area contributed by atoms with Crippen LogP contribution in [0.25, 0.3) is 0 Å². The first-order valence-electron chi connectivity index (χ1n) is 15.2. The summed E-state index contributed by atoms with van der Waals surface area (Å²) in [4.78, 5) is 0. The number of hydrogen-bond donors (Lipinski definition) is 4. The number of rotatable bonds is 10. The van der Waals surface area contributed by atoms with Crippen molar-refractivity contribution in [3.05, 3.63) is 131 Å². The summed E-state index contributed by atoms with van der Waals surface area (Å²) in [5.41, 5.74) is 6.11. The maximum absolute atomic E-state index is 10.7. The van der Waals surface area contributed by atoms with E-state index in [1.165, 1.54) is 11.1 Å². The molecule has 4 aromatic carbocycles. The Morgan fingerprint density at radius 1 is 0.524 bits per heavy atom. The molecule has 2 saturated heterocycles. The fourth-order valence-electron chi connectivity index (χ4n) is 6.37. The van der Waals surface area contributed by atoms with E-state index in [1.807, 2.05) is 84.9 Å². The molecule has 6 atom stereocenters. The van der Waals surface area contributed by atoms with Gasteiger partial charge in [-0.1, -0.05) is 84.9 Å². The fraction of sp³-hybridized carbons (Fsp3) is 0.333. The minimum absolute atomic E-state index is 0.0933. The topological polar surface area (TPSA) is 89.2 Å². The summed E-state index contributed by atoms with van der Waals surface area (Å²) in [6, 6.07) is 37.3. The van der Waals surface area contributed by atoms with E-state index in [0.29, 0.717) is 12.1 Å². The predicted octanol–water partition coefficient (Wildman–Crippen LogP) is 6.90. The smallest absolute Gasteiger partial charge is 0.0943 e. The molecule has 2 aliphatic rings. The summed E-state index contributed by atoms with van der Waals surface area (Å²) in [5.74, 6) is 0. The molecule has 0 radical (unpaired) electrons. The van der Waals surface area contributed by atoms with Gasteiger partial charge in [-0.15, -0.1) is 0 Å². The van der Waals surface area contributed by atoms with Crippen molar-refractivity contribution in [1.82, 2.24) is 10.6 Å². The zero-order valence-electron chi connectivity index (χ0n) is 23.9. The Balaban J connectivity index is 0.960. The lowest BCUT2D eigenvalue weighted by atomic mass is 10.0. The van der Waals surface area contributed by atoms with Crippen LogP contribution in [0.5, 0.6) is 0 Å². The third kappa shape index (κ3) is 7.20. The van der Waals surface area contributed by atoms with Crippen LogP contribution in [0.15, 0.2) is 119 Å². The maximum atomic E-state index is 10.7. The molecule has 0 unspecified atom stereocenters. The van der Waals surface area contributed by atoms with E-state index in [2.05, 4.69) is 45.1 Å². The van der Waals surface area contributed by atoms with E-state index >= 15 is 0 Å². The van der Waals surface area contributed by atoms with Gasteiger partial charge < -0.3 is 20.8 Å². The van der Waals surface area contributed by atoms with Crippen LogP contribution in [0, 0.1) is 0 Å². The second-order valence-corrected chi connectivity index (χ2v) is 11.7. The monoisotopic (exact) mass is 560 g/mol. The van der Waals surface area contributed by atoms with Crippen LogP contribution in [0.4, 0.5) is 11.4 Å². The van der Waals surface area contributed by atoms with E-state index in [4.69, 9.17) is 0 Å². The first-order valence-corrected chi connectivity index (χ1v) is 15.2. The predicted molar refractivity (Wildman–Crippen MR) is 167 cm³/mol. The average molecular weight is 561 g/mol. The highest BCUT2D eigenvalue weighted by Gasteiger charge is 2.31. The molecule has 0 saturated carbocycles. The molecule has 6 rings (SSSR count). The van der Waals surface area contributed by atoms with Gasteiger partial charge in [-0.2, -0.15) is 10.2 Å². The van der Waals surface area contributed by atoms with Crippen molar-refractivity contribution in [2.24, 2.45) is 10.2 Å². The molecule has 4 aromatic rings. The lowest BCUT2D eigenvalue weighted by Crippen LogP contribution is -2.35. The van der Waals surface area contributed by atoms with Crippen molar-refractivity contribution >= 4 is 11.4 Å². The van der Waals surface area contributed by atoms with Gasteiger partial charge in [0.2, 0.25) is 0 Å². The van der Waals surface area contributed by atoms with E-state index in [1.54, 1.807) is 0 Å². The van der Waals surface area contributed by atoms with Gasteiger partial charge in [-0.05, 0) is 85.0 Å². The van der Waals surface area contributed by atoms with Crippen molar-refractivity contribution in [2.45, 2.75) is 74.9 Å². The Morgan fingerprint density at radius 3 is 1.29 bits per heavy atom. The summed E-state index contributed by atoms with van der Waals surface area (Å²) in [6.45, 7) is 0. The largest absolute Gasteiger partial charge is 0.387 e. The second-order valence-electron chi connectivity index (χ2n) is 11.7. The Kier molecular flexibility index (Phi) is 9.16. The van der Waals surface area contributed by atoms with Crippen LogP contribution in [-0.4, -0.2) is 34.4 Å². The van der Waals surface area contributed by atoms with Gasteiger partial charge >= 0.3 is 0 Å². The van der Waals surface area contributed by atoms with Crippen LogP contribution in [-0.2, 0) is 12.8 Å². The van der Waals surface area contributed by atoms with Crippen molar-refractivity contribution < 1.29 is 10.2 Å². The first kappa shape index (κ1) is 28.4. The van der Waals surface area contributed by atoms with Crippen molar-refractivity contribution in [2.75, 3.05) is 0 Å². The number of nitrogens with zero attached hydrogens (tertiary/aromatic N) is 2. The van der Waals surface area contributed by atoms with Gasteiger partial charge in [0.25, 0.3) is 0 Å². The molecule has 2 aliphatic heterocycles. The molecule has 0 aromatic heterocycles. The highest BCUT2D eigenvalue weighted by Crippen LogP contribution is 2.29. The molecule has 4 N–H and O–H groups in total. The molecule has 6 heteroatoms. The van der Waals surface area contributed by atoms with Crippen LogP contribution in [0.1, 0.15) is 60.1 Å². The molecule has 42 heavy (non-hydrogen) atoms. The number of hydrogen-bond acceptors (Lipinski definition) is 6. The average Bonchev–Trinajstić information content (AvgIpc) is 3.71. The molecule has 0 bridgehead atoms. The van der Waals surface area contributed by atoms with E-state index in [9.17, 15) is 10.2 Å². The molecule has 0 amide bonds. The number of azo groups is 1. The molecule has 0 aliphatic carbocycles. The lowest BCUT2D eigenvalue weighted by molar-refractivity contribution is 0.135. The van der Waals surface area contributed by atoms with E-state index in [-0.39, 0.29) is 12.1 Å². The van der Waals surface area contributed by atoms with Crippen LogP contribution in [0.3, 0.4) is 0 Å². The molecule has 216 valence electrons. The second kappa shape index (κ2) is 13.5. The molecule has 2 fully saturated rings. The van der Waals surface area contributed by atoms with Gasteiger partial charge in [-0.3, -0.25) is 0 Å². The molecule has 6 nitrogen and oxygen atoms in total. The summed E-state index contributed by atoms with van der Waals surface area (Å²) in [6.07, 6.45) is 4.97. The maximum Gasteiger partial charge on any atom is 0.0943 e. The Hall–Kier alpha value is -3.68. The van der Waals surface area contributed by atoms with Crippen LogP contribution >= 0.6 is 0 Å². The fourth-order valence-corrected chi connectivity index (χ4v) is 6.37. The van der Waals surface area contributed by atoms with Crippen molar-refractivity contribution in [1.29, 1.82) is 0 Å². The normalized spacial score (nSPS) is 23.8. The third-order valence-electron chi connectivity index (χ3n) is 8.71. The SMILES string of the molecule is O[C@H](c1ccccc1)[C@H]1CC[C@@H](Cc2ccc(N=Nc3ccc(C[C@@H]4CC[C@H]([C@H](O)c5ccccc5)N4)cc3)cc2)N1. The highest BCUT2D eigenvalue weighted by molar-refractivity contribution is 5.42. The summed E-state index contributed by atoms with van der Waals surface area (Å²) >= 11 is 0. The minimum Gasteiger partial charge on any atom is -0.387 e. The van der Waals surface area contributed by atoms with Gasteiger partial charge in [0.15, 0.2) is 0 Å². The number of aliphatic hydroxyl groups is 2. The third-order valence-corrected chi connectivity index (χ3v) is 8.71. The molecule has 0 spiro atoms. The van der Waals surface area contributed by atoms with Gasteiger partial charge in [0.05, 0.1) is 23.6 Å². The number of benzene rings is 4. The van der Waals surface area contributed by atoms with Gasteiger partial charge in [0, 0.05) is 24.2 Å². The van der Waals surface area contributed by atoms with Gasteiger partial charge in [0.1, 0.15) is 0 Å². The lowest BCUT2D eigenvalue weighted by Gasteiger charge is -2.20. The molecular weight excluding hydrogens is 520 g/mol. The van der Waals surface area contributed by atoms with E-state index < -0.39 is 12.2 Å². The van der Waals surface area contributed by atoms with Gasteiger partial charge in [-0.25, -0.2) is 0 Å². The van der Waals surface area contributed by atoms with Crippen LogP contribution in [0.2, 0.25) is 0 Å². The van der Waals surface area contributed by atoms with E-state index in [0.717, 1.165) is 61.0 Å². The Morgan fingerprint density at radius 2 is 0.905 bits per heavy atom. The molecular formula is C36H40N4O2. The summed E-state index contributed by atoms with van der Waals surface area (Å²) < 4.78 is 0. The summed E-state index contributed by atoms with van der Waals surface area (Å²) in [5, 5.41) is 37.6. The Bertz CT molecular complexity index is 1320. The minimum atomic E-state index is -0.473. The highest BCUT2D eigenvalue weighted by atomic mass is 16.3. The number of nitrogens with one attached hydrogen (secondary N) is 2. The van der Waals surface area contributed by atoms with Crippen molar-refractivity contribution in [3.63, 3.8) is 0 Å². The zero-order valence-corrected chi connectivity index (χ0v) is 23.9.